The minimum Gasteiger partial charge on any atom is -0.468 e. The second-order valence-corrected chi connectivity index (χ2v) is 4.11. The van der Waals surface area contributed by atoms with Crippen LogP contribution in [0.1, 0.15) is 26.2 Å². The second kappa shape index (κ2) is 5.14. The summed E-state index contributed by atoms with van der Waals surface area (Å²) in [7, 11) is 1.29. The van der Waals surface area contributed by atoms with Crippen LogP contribution in [0.2, 0.25) is 0 Å². The van der Waals surface area contributed by atoms with Gasteiger partial charge in [-0.1, -0.05) is 13.0 Å². The molecule has 1 rings (SSSR count). The Morgan fingerprint density at radius 2 is 2.44 bits per heavy atom. The van der Waals surface area contributed by atoms with E-state index < -0.39 is 23.3 Å². The maximum atomic E-state index is 11.6. The van der Waals surface area contributed by atoms with E-state index >= 15 is 0 Å². The molecule has 0 aliphatic carbocycles. The Hall–Kier alpha value is -1.32. The van der Waals surface area contributed by atoms with Gasteiger partial charge in [0.2, 0.25) is 0 Å². The molecule has 2 atom stereocenters. The fraction of sp³-hybridized carbons (Fsp3) is 0.667. The number of allylic oxidation sites excluding steroid dienone is 1. The Morgan fingerprint density at radius 1 is 1.75 bits per heavy atom. The van der Waals surface area contributed by atoms with Crippen molar-refractivity contribution in [1.82, 2.24) is 0 Å². The molecule has 1 saturated heterocycles. The first-order chi connectivity index (χ1) is 7.61. The van der Waals surface area contributed by atoms with Crippen LogP contribution in [0.25, 0.3) is 0 Å². The highest BCUT2D eigenvalue weighted by atomic mass is 16.6. The first kappa shape index (κ1) is 12.7. The fourth-order valence-electron chi connectivity index (χ4n) is 2.18. The third-order valence-corrected chi connectivity index (χ3v) is 3.34. The molecule has 0 amide bonds. The Kier molecular flexibility index (Phi) is 4.10. The Morgan fingerprint density at radius 3 is 2.94 bits per heavy atom. The molecule has 2 unspecified atom stereocenters. The molecular weight excluding hydrogens is 208 g/mol. The monoisotopic (exact) mass is 226 g/mol. The van der Waals surface area contributed by atoms with Gasteiger partial charge in [0, 0.05) is 5.41 Å². The van der Waals surface area contributed by atoms with Crippen LogP contribution < -0.4 is 0 Å². The van der Waals surface area contributed by atoms with E-state index in [9.17, 15) is 9.59 Å². The molecule has 4 heteroatoms. The maximum Gasteiger partial charge on any atom is 0.321 e. The fourth-order valence-corrected chi connectivity index (χ4v) is 2.18. The second-order valence-electron chi connectivity index (χ2n) is 4.11. The predicted molar refractivity (Wildman–Crippen MR) is 58.6 cm³/mol. The molecule has 0 aromatic carbocycles. The maximum absolute atomic E-state index is 11.6. The molecule has 0 aromatic heterocycles. The van der Waals surface area contributed by atoms with Crippen molar-refractivity contribution in [2.75, 3.05) is 13.7 Å². The number of hydrogen-bond acceptors (Lipinski definition) is 4. The van der Waals surface area contributed by atoms with Crippen LogP contribution in [0.3, 0.4) is 0 Å². The highest BCUT2D eigenvalue weighted by Gasteiger charge is 2.53. The van der Waals surface area contributed by atoms with E-state index in [1.807, 2.05) is 6.92 Å². The standard InChI is InChI=1S/C12H18O4/c1-4-6-7-12(5-2)8-16-11(14)9(12)10(13)15-3/h4,9H,1,5-8H2,2-3H3. The summed E-state index contributed by atoms with van der Waals surface area (Å²) in [5.74, 6) is -1.73. The van der Waals surface area contributed by atoms with Gasteiger partial charge in [-0.05, 0) is 19.3 Å². The lowest BCUT2D eigenvalue weighted by Crippen LogP contribution is -2.36. The van der Waals surface area contributed by atoms with Gasteiger partial charge in [-0.2, -0.15) is 0 Å². The third-order valence-electron chi connectivity index (χ3n) is 3.34. The van der Waals surface area contributed by atoms with Gasteiger partial charge in [-0.3, -0.25) is 9.59 Å². The summed E-state index contributed by atoms with van der Waals surface area (Å²) in [6.07, 6.45) is 3.98. The van der Waals surface area contributed by atoms with Gasteiger partial charge in [0.05, 0.1) is 13.7 Å². The van der Waals surface area contributed by atoms with Gasteiger partial charge in [0.15, 0.2) is 5.92 Å². The van der Waals surface area contributed by atoms with Crippen molar-refractivity contribution in [2.24, 2.45) is 11.3 Å². The normalized spacial score (nSPS) is 28.6. The lowest BCUT2D eigenvalue weighted by Gasteiger charge is -2.28. The van der Waals surface area contributed by atoms with E-state index in [0.717, 1.165) is 12.8 Å². The molecular formula is C12H18O4. The molecule has 0 radical (unpaired) electrons. The van der Waals surface area contributed by atoms with Crippen molar-refractivity contribution in [1.29, 1.82) is 0 Å². The van der Waals surface area contributed by atoms with Crippen LogP contribution >= 0.6 is 0 Å². The van der Waals surface area contributed by atoms with Crippen LogP contribution in [0.5, 0.6) is 0 Å². The largest absolute Gasteiger partial charge is 0.468 e. The summed E-state index contributed by atoms with van der Waals surface area (Å²) in [6.45, 7) is 5.92. The van der Waals surface area contributed by atoms with E-state index in [4.69, 9.17) is 4.74 Å². The van der Waals surface area contributed by atoms with Gasteiger partial charge in [0.25, 0.3) is 0 Å². The first-order valence-corrected chi connectivity index (χ1v) is 5.46. The molecule has 90 valence electrons. The summed E-state index contributed by atoms with van der Waals surface area (Å²) in [6, 6.07) is 0. The number of esters is 2. The van der Waals surface area contributed by atoms with Crippen molar-refractivity contribution in [3.05, 3.63) is 12.7 Å². The van der Waals surface area contributed by atoms with E-state index in [0.29, 0.717) is 13.0 Å². The highest BCUT2D eigenvalue weighted by molar-refractivity contribution is 5.97. The van der Waals surface area contributed by atoms with Crippen LogP contribution in [0, 0.1) is 11.3 Å². The van der Waals surface area contributed by atoms with Crippen LogP contribution in [-0.2, 0) is 19.1 Å². The summed E-state index contributed by atoms with van der Waals surface area (Å²) in [5, 5.41) is 0. The summed E-state index contributed by atoms with van der Waals surface area (Å²) in [4.78, 5) is 23.2. The zero-order valence-corrected chi connectivity index (χ0v) is 9.82. The molecule has 0 spiro atoms. The highest BCUT2D eigenvalue weighted by Crippen LogP contribution is 2.43. The number of rotatable bonds is 5. The number of cyclic esters (lactones) is 1. The van der Waals surface area contributed by atoms with Gasteiger partial charge < -0.3 is 9.47 Å². The average molecular weight is 226 g/mol. The number of hydrogen-bond donors (Lipinski definition) is 0. The minimum absolute atomic E-state index is 0.302. The van der Waals surface area contributed by atoms with E-state index in [-0.39, 0.29) is 0 Å². The molecule has 0 saturated carbocycles. The smallest absolute Gasteiger partial charge is 0.321 e. The molecule has 0 bridgehead atoms. The quantitative estimate of drug-likeness (QED) is 0.406. The molecule has 1 fully saturated rings. The lowest BCUT2D eigenvalue weighted by atomic mass is 9.72. The molecule has 1 heterocycles. The third kappa shape index (κ3) is 2.10. The SMILES string of the molecule is C=CCCC1(CC)COC(=O)C1C(=O)OC. The van der Waals surface area contributed by atoms with E-state index in [2.05, 4.69) is 11.3 Å². The van der Waals surface area contributed by atoms with Crippen molar-refractivity contribution < 1.29 is 19.1 Å². The molecule has 16 heavy (non-hydrogen) atoms. The van der Waals surface area contributed by atoms with Gasteiger partial charge >= 0.3 is 11.9 Å². The number of methoxy groups -OCH3 is 1. The molecule has 0 N–H and O–H groups in total. The van der Waals surface area contributed by atoms with Gasteiger partial charge in [-0.15, -0.1) is 6.58 Å². The van der Waals surface area contributed by atoms with Crippen LogP contribution in [-0.4, -0.2) is 25.7 Å². The Bertz CT molecular complexity index is 297. The summed E-state index contributed by atoms with van der Waals surface area (Å²) < 4.78 is 9.69. The molecule has 1 aliphatic rings. The van der Waals surface area contributed by atoms with Crippen molar-refractivity contribution >= 4 is 11.9 Å². The van der Waals surface area contributed by atoms with Crippen molar-refractivity contribution in [3.63, 3.8) is 0 Å². The summed E-state index contributed by atoms with van der Waals surface area (Å²) in [5.41, 5.74) is -0.418. The molecule has 1 aliphatic heterocycles. The Labute approximate surface area is 95.6 Å². The zero-order valence-electron chi connectivity index (χ0n) is 9.82. The number of ether oxygens (including phenoxy) is 2. The minimum atomic E-state index is -0.776. The zero-order chi connectivity index (χ0) is 12.2. The molecule has 0 aromatic rings. The number of carbonyl (C=O) groups excluding carboxylic acids is 2. The van der Waals surface area contributed by atoms with Crippen molar-refractivity contribution in [2.45, 2.75) is 26.2 Å². The lowest BCUT2D eigenvalue weighted by molar-refractivity contribution is -0.156. The van der Waals surface area contributed by atoms with Gasteiger partial charge in [0.1, 0.15) is 0 Å². The Balaban J connectivity index is 2.92. The van der Waals surface area contributed by atoms with Gasteiger partial charge in [-0.25, -0.2) is 0 Å². The first-order valence-electron chi connectivity index (χ1n) is 5.46. The van der Waals surface area contributed by atoms with E-state index in [1.54, 1.807) is 6.08 Å². The van der Waals surface area contributed by atoms with Crippen LogP contribution in [0.15, 0.2) is 12.7 Å². The van der Waals surface area contributed by atoms with Crippen molar-refractivity contribution in [3.8, 4) is 0 Å². The summed E-state index contributed by atoms with van der Waals surface area (Å²) >= 11 is 0. The predicted octanol–water partition coefficient (Wildman–Crippen LogP) is 1.70. The number of carbonyl (C=O) groups is 2. The topological polar surface area (TPSA) is 52.6 Å². The molecule has 4 nitrogen and oxygen atoms in total. The van der Waals surface area contributed by atoms with E-state index in [1.165, 1.54) is 7.11 Å². The average Bonchev–Trinajstić information content (AvgIpc) is 2.63. The van der Waals surface area contributed by atoms with Crippen LogP contribution in [0.4, 0.5) is 0 Å².